The average Bonchev–Trinajstić information content (AvgIpc) is 2.55. The van der Waals surface area contributed by atoms with Crippen LogP contribution in [0.2, 0.25) is 0 Å². The van der Waals surface area contributed by atoms with Crippen LogP contribution in [0.1, 0.15) is 12.5 Å². The van der Waals surface area contributed by atoms with Gasteiger partial charge in [-0.3, -0.25) is 4.90 Å². The van der Waals surface area contributed by atoms with Crippen LogP contribution in [0.4, 0.5) is 0 Å². The number of rotatable bonds is 4. The first-order valence-electron chi connectivity index (χ1n) is 7.28. The van der Waals surface area contributed by atoms with Crippen molar-refractivity contribution in [3.05, 3.63) is 42.0 Å². The van der Waals surface area contributed by atoms with Crippen LogP contribution in [0, 0.1) is 0 Å². The molecule has 5 N–H and O–H groups in total. The molecular formula is C16H23NO5. The number of hydrogen-bond donors (Lipinski definition) is 5. The highest BCUT2D eigenvalue weighted by atomic mass is 16.4. The Bertz CT molecular complexity index is 507. The zero-order valence-corrected chi connectivity index (χ0v) is 12.4. The fourth-order valence-electron chi connectivity index (χ4n) is 2.71. The minimum absolute atomic E-state index is 0.230. The number of piperidine rings is 1. The van der Waals surface area contributed by atoms with E-state index in [1.807, 2.05) is 43.3 Å². The molecule has 0 aromatic heterocycles. The number of allylic oxidation sites excluding steroid dienone is 1. The number of hydrogen-bond acceptors (Lipinski definition) is 6. The predicted octanol–water partition coefficient (Wildman–Crippen LogP) is -0.833. The van der Waals surface area contributed by atoms with Crippen LogP contribution in [0.3, 0.4) is 0 Å². The lowest BCUT2D eigenvalue weighted by Crippen LogP contribution is -2.67. The van der Waals surface area contributed by atoms with Crippen LogP contribution in [0.15, 0.2) is 36.4 Å². The third kappa shape index (κ3) is 3.38. The van der Waals surface area contributed by atoms with Crippen molar-refractivity contribution in [3.8, 4) is 0 Å². The minimum Gasteiger partial charge on any atom is -0.395 e. The maximum Gasteiger partial charge on any atom is 0.136 e. The van der Waals surface area contributed by atoms with Crippen molar-refractivity contribution in [1.29, 1.82) is 0 Å². The van der Waals surface area contributed by atoms with Crippen molar-refractivity contribution in [1.82, 2.24) is 4.90 Å². The summed E-state index contributed by atoms with van der Waals surface area (Å²) in [5, 5.41) is 48.9. The lowest BCUT2D eigenvalue weighted by Gasteiger charge is -2.46. The lowest BCUT2D eigenvalue weighted by molar-refractivity contribution is -0.219. The SMILES string of the molecule is C/C(=C\CN1C(O)[C@H](O)[C@@H](O)[C@H](O)[C@H]1CO)c1ccccc1. The summed E-state index contributed by atoms with van der Waals surface area (Å²) in [6.45, 7) is 1.72. The van der Waals surface area contributed by atoms with Crippen LogP contribution in [-0.2, 0) is 0 Å². The van der Waals surface area contributed by atoms with Gasteiger partial charge in [-0.2, -0.15) is 0 Å². The highest BCUT2D eigenvalue weighted by molar-refractivity contribution is 5.63. The van der Waals surface area contributed by atoms with Crippen molar-refractivity contribution in [2.75, 3.05) is 13.2 Å². The summed E-state index contributed by atoms with van der Waals surface area (Å²) in [4.78, 5) is 1.38. The van der Waals surface area contributed by atoms with E-state index in [9.17, 15) is 25.5 Å². The van der Waals surface area contributed by atoms with Gasteiger partial charge in [-0.1, -0.05) is 36.4 Å². The fourth-order valence-corrected chi connectivity index (χ4v) is 2.71. The van der Waals surface area contributed by atoms with E-state index in [-0.39, 0.29) is 6.54 Å². The molecule has 1 unspecified atom stereocenters. The van der Waals surface area contributed by atoms with Crippen LogP contribution in [0.25, 0.3) is 5.57 Å². The smallest absolute Gasteiger partial charge is 0.136 e. The maximum absolute atomic E-state index is 10.1. The second kappa shape index (κ2) is 7.32. The third-order valence-electron chi connectivity index (χ3n) is 4.19. The molecule has 6 heteroatoms. The Balaban J connectivity index is 2.15. The zero-order valence-electron chi connectivity index (χ0n) is 12.4. The second-order valence-electron chi connectivity index (χ2n) is 5.59. The quantitative estimate of drug-likeness (QED) is 0.497. The highest BCUT2D eigenvalue weighted by Crippen LogP contribution is 2.24. The van der Waals surface area contributed by atoms with Crippen molar-refractivity contribution >= 4 is 5.57 Å². The van der Waals surface area contributed by atoms with Gasteiger partial charge < -0.3 is 25.5 Å². The first-order valence-corrected chi connectivity index (χ1v) is 7.28. The molecule has 0 amide bonds. The molecule has 1 fully saturated rings. The largest absolute Gasteiger partial charge is 0.395 e. The Morgan fingerprint density at radius 1 is 1.05 bits per heavy atom. The van der Waals surface area contributed by atoms with Gasteiger partial charge in [0.25, 0.3) is 0 Å². The molecule has 1 aromatic carbocycles. The van der Waals surface area contributed by atoms with Crippen molar-refractivity contribution in [3.63, 3.8) is 0 Å². The Hall–Kier alpha value is -1.28. The van der Waals surface area contributed by atoms with E-state index in [0.29, 0.717) is 0 Å². The fraction of sp³-hybridized carbons (Fsp3) is 0.500. The first kappa shape index (κ1) is 17.1. The average molecular weight is 309 g/mol. The Morgan fingerprint density at radius 3 is 2.27 bits per heavy atom. The standard InChI is InChI=1S/C16H23NO5/c1-10(11-5-3-2-4-6-11)7-8-17-12(9-18)13(19)14(20)15(21)16(17)22/h2-7,12-16,18-22H,8-9H2,1H3/b10-7+/t12-,13-,14+,15-,16?/m1/s1. The minimum atomic E-state index is -1.48. The Labute approximate surface area is 129 Å². The molecule has 6 nitrogen and oxygen atoms in total. The number of benzene rings is 1. The van der Waals surface area contributed by atoms with Crippen LogP contribution < -0.4 is 0 Å². The van der Waals surface area contributed by atoms with Crippen LogP contribution >= 0.6 is 0 Å². The molecule has 5 atom stereocenters. The molecule has 1 heterocycles. The first-order chi connectivity index (χ1) is 10.5. The van der Waals surface area contributed by atoms with Crippen LogP contribution in [0.5, 0.6) is 0 Å². The van der Waals surface area contributed by atoms with Gasteiger partial charge in [0.05, 0.1) is 12.6 Å². The van der Waals surface area contributed by atoms with E-state index < -0.39 is 37.2 Å². The molecule has 0 spiro atoms. The van der Waals surface area contributed by atoms with Gasteiger partial charge >= 0.3 is 0 Å². The lowest BCUT2D eigenvalue weighted by atomic mass is 9.92. The zero-order chi connectivity index (χ0) is 16.3. The molecule has 0 saturated carbocycles. The summed E-state index contributed by atoms with van der Waals surface area (Å²) in [5.41, 5.74) is 2.00. The molecule has 1 aliphatic heterocycles. The van der Waals surface area contributed by atoms with Gasteiger partial charge in [-0.05, 0) is 18.1 Å². The van der Waals surface area contributed by atoms with E-state index in [2.05, 4.69) is 0 Å². The number of likely N-dealkylation sites (tertiary alicyclic amines) is 1. The summed E-state index contributed by atoms with van der Waals surface area (Å²) < 4.78 is 0. The van der Waals surface area contributed by atoms with Crippen molar-refractivity contribution in [2.45, 2.75) is 37.5 Å². The normalized spacial score (nSPS) is 33.9. The third-order valence-corrected chi connectivity index (χ3v) is 4.19. The number of aliphatic hydroxyl groups excluding tert-OH is 5. The molecular weight excluding hydrogens is 286 g/mol. The van der Waals surface area contributed by atoms with E-state index in [0.717, 1.165) is 11.1 Å². The topological polar surface area (TPSA) is 104 Å². The molecule has 22 heavy (non-hydrogen) atoms. The van der Waals surface area contributed by atoms with Gasteiger partial charge in [0.2, 0.25) is 0 Å². The maximum atomic E-state index is 10.1. The monoisotopic (exact) mass is 309 g/mol. The second-order valence-corrected chi connectivity index (χ2v) is 5.59. The molecule has 0 aliphatic carbocycles. The summed E-state index contributed by atoms with van der Waals surface area (Å²) >= 11 is 0. The van der Waals surface area contributed by atoms with Gasteiger partial charge in [-0.25, -0.2) is 0 Å². The molecule has 122 valence electrons. The van der Waals surface area contributed by atoms with Gasteiger partial charge in [0.15, 0.2) is 0 Å². The van der Waals surface area contributed by atoms with Crippen molar-refractivity contribution < 1.29 is 25.5 Å². The van der Waals surface area contributed by atoms with Crippen LogP contribution in [-0.4, -0.2) is 74.2 Å². The molecule has 1 saturated heterocycles. The van der Waals surface area contributed by atoms with Gasteiger partial charge in [0.1, 0.15) is 24.5 Å². The Kier molecular flexibility index (Phi) is 5.69. The summed E-state index contributed by atoms with van der Waals surface area (Å²) in [6.07, 6.45) is -3.80. The summed E-state index contributed by atoms with van der Waals surface area (Å²) in [7, 11) is 0. The highest BCUT2D eigenvalue weighted by Gasteiger charge is 2.46. The molecule has 1 aliphatic rings. The molecule has 0 bridgehead atoms. The summed E-state index contributed by atoms with van der Waals surface area (Å²) in [6, 6.07) is 8.82. The number of nitrogens with zero attached hydrogens (tertiary/aromatic N) is 1. The summed E-state index contributed by atoms with van der Waals surface area (Å²) in [5.74, 6) is 0. The van der Waals surface area contributed by atoms with Crippen molar-refractivity contribution in [2.24, 2.45) is 0 Å². The molecule has 0 radical (unpaired) electrons. The van der Waals surface area contributed by atoms with E-state index in [1.54, 1.807) is 0 Å². The van der Waals surface area contributed by atoms with E-state index in [4.69, 9.17) is 0 Å². The molecule has 2 rings (SSSR count). The Morgan fingerprint density at radius 2 is 1.68 bits per heavy atom. The number of aliphatic hydroxyl groups is 5. The van der Waals surface area contributed by atoms with Gasteiger partial charge in [-0.15, -0.1) is 0 Å². The molecule has 1 aromatic rings. The van der Waals surface area contributed by atoms with Gasteiger partial charge in [0, 0.05) is 6.54 Å². The van der Waals surface area contributed by atoms with E-state index in [1.165, 1.54) is 4.90 Å². The van der Waals surface area contributed by atoms with E-state index >= 15 is 0 Å². The predicted molar refractivity (Wildman–Crippen MR) is 81.7 cm³/mol.